The lowest BCUT2D eigenvalue weighted by molar-refractivity contribution is -0.385. The minimum atomic E-state index is -0.887. The van der Waals surface area contributed by atoms with Crippen molar-refractivity contribution in [3.63, 3.8) is 0 Å². The van der Waals surface area contributed by atoms with E-state index in [1.807, 2.05) is 37.3 Å². The number of hydrogen-bond donors (Lipinski definition) is 1. The van der Waals surface area contributed by atoms with Crippen molar-refractivity contribution in [3.05, 3.63) is 110 Å². The number of hydrogen-bond acceptors (Lipinski definition) is 4. The Labute approximate surface area is 226 Å². The van der Waals surface area contributed by atoms with Gasteiger partial charge in [0.05, 0.1) is 11.3 Å². The number of nitro groups is 1. The number of nitro benzene ring substituents is 1. The fraction of sp³-hybridized carbons (Fsp3) is 0.286. The van der Waals surface area contributed by atoms with Crippen molar-refractivity contribution in [2.45, 2.75) is 45.2 Å². The van der Waals surface area contributed by atoms with E-state index in [2.05, 4.69) is 5.32 Å². The van der Waals surface area contributed by atoms with E-state index in [-0.39, 0.29) is 36.5 Å². The van der Waals surface area contributed by atoms with Crippen LogP contribution in [-0.4, -0.2) is 34.2 Å². The standard InChI is InChI=1S/C28H29Cl2N3O4/c1-2-3-16-31-28(35)26(17-20-10-5-4-6-11-20)32(19-22-23(29)13-9-14-24(22)30)27(34)18-21-12-7-8-15-25(21)33(36)37/h4-15,26H,2-3,16-19H2,1H3,(H,31,35)/t26-/m0/s1. The lowest BCUT2D eigenvalue weighted by atomic mass is 10.0. The van der Waals surface area contributed by atoms with Crippen molar-refractivity contribution < 1.29 is 14.5 Å². The summed E-state index contributed by atoms with van der Waals surface area (Å²) in [4.78, 5) is 39.8. The van der Waals surface area contributed by atoms with Crippen LogP contribution in [0.2, 0.25) is 10.0 Å². The molecular weight excluding hydrogens is 513 g/mol. The lowest BCUT2D eigenvalue weighted by Gasteiger charge is -2.32. The summed E-state index contributed by atoms with van der Waals surface area (Å²) in [6, 6.07) is 19.6. The smallest absolute Gasteiger partial charge is 0.273 e. The van der Waals surface area contributed by atoms with E-state index in [1.165, 1.54) is 11.0 Å². The molecule has 3 aromatic carbocycles. The number of carbonyl (C=O) groups is 2. The Morgan fingerprint density at radius 1 is 0.973 bits per heavy atom. The Kier molecular flexibility index (Phi) is 10.5. The summed E-state index contributed by atoms with van der Waals surface area (Å²) >= 11 is 12.9. The molecule has 2 amide bonds. The van der Waals surface area contributed by atoms with Crippen molar-refractivity contribution in [2.24, 2.45) is 0 Å². The molecule has 37 heavy (non-hydrogen) atoms. The first-order valence-corrected chi connectivity index (χ1v) is 12.8. The molecular formula is C28H29Cl2N3O4. The number of unbranched alkanes of at least 4 members (excludes halogenated alkanes) is 1. The van der Waals surface area contributed by atoms with Crippen molar-refractivity contribution in [1.29, 1.82) is 0 Å². The molecule has 0 spiro atoms. The Morgan fingerprint density at radius 3 is 2.27 bits per heavy atom. The summed E-state index contributed by atoms with van der Waals surface area (Å²) in [5, 5.41) is 15.2. The van der Waals surface area contributed by atoms with Gasteiger partial charge in [0, 0.05) is 46.7 Å². The third kappa shape index (κ3) is 7.78. The molecule has 1 atom stereocenters. The predicted octanol–water partition coefficient (Wildman–Crippen LogP) is 6.00. The highest BCUT2D eigenvalue weighted by Gasteiger charge is 2.32. The molecule has 0 aliphatic carbocycles. The van der Waals surface area contributed by atoms with Gasteiger partial charge < -0.3 is 10.2 Å². The van der Waals surface area contributed by atoms with E-state index in [9.17, 15) is 19.7 Å². The molecule has 0 aliphatic rings. The van der Waals surface area contributed by atoms with Gasteiger partial charge in [-0.3, -0.25) is 19.7 Å². The minimum Gasteiger partial charge on any atom is -0.354 e. The minimum absolute atomic E-state index is 0.0311. The second kappa shape index (κ2) is 13.8. The molecule has 3 aromatic rings. The van der Waals surface area contributed by atoms with Crippen LogP contribution >= 0.6 is 23.2 Å². The van der Waals surface area contributed by atoms with Gasteiger partial charge in [0.2, 0.25) is 11.8 Å². The van der Waals surface area contributed by atoms with Gasteiger partial charge in [0.25, 0.3) is 5.69 Å². The maximum atomic E-state index is 13.8. The Hall–Kier alpha value is -3.42. The van der Waals surface area contributed by atoms with Crippen LogP contribution in [0.3, 0.4) is 0 Å². The zero-order valence-corrected chi connectivity index (χ0v) is 22.0. The number of amides is 2. The number of nitrogens with zero attached hydrogens (tertiary/aromatic N) is 2. The average molecular weight is 542 g/mol. The van der Waals surface area contributed by atoms with Crippen molar-refractivity contribution >= 4 is 40.7 Å². The predicted molar refractivity (Wildman–Crippen MR) is 146 cm³/mol. The van der Waals surface area contributed by atoms with Gasteiger partial charge in [-0.25, -0.2) is 0 Å². The van der Waals surface area contributed by atoms with Crippen molar-refractivity contribution in [3.8, 4) is 0 Å². The fourth-order valence-electron chi connectivity index (χ4n) is 4.02. The zero-order chi connectivity index (χ0) is 26.8. The lowest BCUT2D eigenvalue weighted by Crippen LogP contribution is -2.51. The van der Waals surface area contributed by atoms with Crippen LogP contribution in [0, 0.1) is 10.1 Å². The summed E-state index contributed by atoms with van der Waals surface area (Å²) < 4.78 is 0. The Balaban J connectivity index is 2.03. The van der Waals surface area contributed by atoms with E-state index in [1.54, 1.807) is 36.4 Å². The van der Waals surface area contributed by atoms with Crippen molar-refractivity contribution in [2.75, 3.05) is 6.54 Å². The number of halogens is 2. The summed E-state index contributed by atoms with van der Waals surface area (Å²) in [5.74, 6) is -0.756. The van der Waals surface area contributed by atoms with Crippen LogP contribution in [0.1, 0.15) is 36.5 Å². The highest BCUT2D eigenvalue weighted by molar-refractivity contribution is 6.36. The van der Waals surface area contributed by atoms with E-state index in [0.29, 0.717) is 22.2 Å². The molecule has 0 bridgehead atoms. The summed E-state index contributed by atoms with van der Waals surface area (Å²) in [5.41, 5.74) is 1.48. The topological polar surface area (TPSA) is 92.6 Å². The van der Waals surface area contributed by atoms with Crippen molar-refractivity contribution in [1.82, 2.24) is 10.2 Å². The monoisotopic (exact) mass is 541 g/mol. The molecule has 0 aromatic heterocycles. The Morgan fingerprint density at radius 2 is 1.62 bits per heavy atom. The first-order chi connectivity index (χ1) is 17.8. The average Bonchev–Trinajstić information content (AvgIpc) is 2.88. The zero-order valence-electron chi connectivity index (χ0n) is 20.5. The maximum Gasteiger partial charge on any atom is 0.273 e. The van der Waals surface area contributed by atoms with Gasteiger partial charge in [-0.05, 0) is 24.1 Å². The van der Waals surface area contributed by atoms with Gasteiger partial charge in [0.15, 0.2) is 0 Å². The first kappa shape index (κ1) is 28.2. The van der Waals surface area contributed by atoms with Gasteiger partial charge >= 0.3 is 0 Å². The van der Waals surface area contributed by atoms with E-state index >= 15 is 0 Å². The van der Waals surface area contributed by atoms with Crippen LogP contribution in [0.15, 0.2) is 72.8 Å². The number of rotatable bonds is 12. The quantitative estimate of drug-likeness (QED) is 0.173. The van der Waals surface area contributed by atoms with E-state index in [4.69, 9.17) is 23.2 Å². The number of carbonyl (C=O) groups excluding carboxylic acids is 2. The molecule has 0 saturated heterocycles. The summed E-state index contributed by atoms with van der Waals surface area (Å²) in [6.07, 6.45) is 1.69. The maximum absolute atomic E-state index is 13.8. The molecule has 7 nitrogen and oxygen atoms in total. The number of para-hydroxylation sites is 1. The van der Waals surface area contributed by atoms with Crippen LogP contribution in [0.5, 0.6) is 0 Å². The highest BCUT2D eigenvalue weighted by Crippen LogP contribution is 2.28. The number of nitrogens with one attached hydrogen (secondary N) is 1. The van der Waals surface area contributed by atoms with E-state index in [0.717, 1.165) is 18.4 Å². The molecule has 0 aliphatic heterocycles. The normalized spacial score (nSPS) is 11.5. The molecule has 1 N–H and O–H groups in total. The van der Waals surface area contributed by atoms with Gasteiger partial charge in [0.1, 0.15) is 6.04 Å². The van der Waals surface area contributed by atoms with Crippen LogP contribution < -0.4 is 5.32 Å². The molecule has 194 valence electrons. The second-order valence-electron chi connectivity index (χ2n) is 8.63. The third-order valence-electron chi connectivity index (χ3n) is 6.02. The molecule has 0 radical (unpaired) electrons. The van der Waals surface area contributed by atoms with E-state index < -0.39 is 16.9 Å². The van der Waals surface area contributed by atoms with Crippen LogP contribution in [0.4, 0.5) is 5.69 Å². The Bertz CT molecular complexity index is 1220. The van der Waals surface area contributed by atoms with Crippen LogP contribution in [0.25, 0.3) is 0 Å². The van der Waals surface area contributed by atoms with Gasteiger partial charge in [-0.15, -0.1) is 0 Å². The number of benzene rings is 3. The SMILES string of the molecule is CCCCNC(=O)[C@H](Cc1ccccc1)N(Cc1c(Cl)cccc1Cl)C(=O)Cc1ccccc1[N+](=O)[O-]. The molecule has 0 heterocycles. The molecule has 0 fully saturated rings. The summed E-state index contributed by atoms with van der Waals surface area (Å²) in [7, 11) is 0. The first-order valence-electron chi connectivity index (χ1n) is 12.1. The molecule has 9 heteroatoms. The molecule has 0 unspecified atom stereocenters. The van der Waals surface area contributed by atoms with Gasteiger partial charge in [-0.2, -0.15) is 0 Å². The third-order valence-corrected chi connectivity index (χ3v) is 6.73. The molecule has 0 saturated carbocycles. The largest absolute Gasteiger partial charge is 0.354 e. The molecule has 3 rings (SSSR count). The fourth-order valence-corrected chi connectivity index (χ4v) is 4.53. The summed E-state index contributed by atoms with van der Waals surface area (Å²) in [6.45, 7) is 2.46. The van der Waals surface area contributed by atoms with Gasteiger partial charge in [-0.1, -0.05) is 91.1 Å². The second-order valence-corrected chi connectivity index (χ2v) is 9.45. The highest BCUT2D eigenvalue weighted by atomic mass is 35.5. The van der Waals surface area contributed by atoms with Crippen LogP contribution in [-0.2, 0) is 29.0 Å².